The number of rotatable bonds is 4. The van der Waals surface area contributed by atoms with Gasteiger partial charge in [0.25, 0.3) is 5.69 Å². The molecule has 0 unspecified atom stereocenters. The lowest BCUT2D eigenvalue weighted by molar-refractivity contribution is -0.384. The average molecular weight is 284 g/mol. The second-order valence-electron chi connectivity index (χ2n) is 4.62. The lowest BCUT2D eigenvalue weighted by Crippen LogP contribution is -2.22. The number of hydrogen-bond donors (Lipinski definition) is 2. The second-order valence-corrected chi connectivity index (χ2v) is 4.62. The van der Waals surface area contributed by atoms with Crippen LogP contribution in [0.4, 0.5) is 11.4 Å². The zero-order valence-electron chi connectivity index (χ0n) is 11.6. The molecule has 0 aliphatic rings. The molecule has 21 heavy (non-hydrogen) atoms. The number of nitro benzene ring substituents is 1. The van der Waals surface area contributed by atoms with E-state index in [0.717, 1.165) is 11.3 Å². The molecule has 0 amide bonds. The van der Waals surface area contributed by atoms with Crippen LogP contribution in [0.5, 0.6) is 0 Å². The number of nitrogens with zero attached hydrogens (tertiary/aromatic N) is 2. The van der Waals surface area contributed by atoms with Crippen molar-refractivity contribution in [3.8, 4) is 0 Å². The summed E-state index contributed by atoms with van der Waals surface area (Å²) >= 11 is 0. The van der Waals surface area contributed by atoms with E-state index in [1.807, 2.05) is 31.2 Å². The van der Waals surface area contributed by atoms with E-state index in [1.54, 1.807) is 12.1 Å². The predicted octanol–water partition coefficient (Wildman–Crippen LogP) is 2.83. The van der Waals surface area contributed by atoms with Gasteiger partial charge < -0.3 is 11.1 Å². The van der Waals surface area contributed by atoms with Crippen molar-refractivity contribution in [1.82, 2.24) is 0 Å². The van der Waals surface area contributed by atoms with E-state index in [4.69, 9.17) is 5.73 Å². The molecule has 0 atom stereocenters. The number of aliphatic imine (C=N–C) groups is 1. The Morgan fingerprint density at radius 1 is 1.19 bits per heavy atom. The SMILES string of the molecule is Cc1ccc(NC(N)=NCc2ccc([N+](=O)[O-])cc2)cc1. The number of benzene rings is 2. The molecular weight excluding hydrogens is 268 g/mol. The van der Waals surface area contributed by atoms with E-state index >= 15 is 0 Å². The van der Waals surface area contributed by atoms with Crippen LogP contribution in [-0.4, -0.2) is 10.9 Å². The molecule has 2 aromatic rings. The summed E-state index contributed by atoms with van der Waals surface area (Å²) in [6.45, 7) is 2.37. The number of non-ortho nitro benzene ring substituents is 1. The Balaban J connectivity index is 1.96. The Morgan fingerprint density at radius 3 is 2.38 bits per heavy atom. The Hall–Kier alpha value is -2.89. The molecule has 0 heterocycles. The third kappa shape index (κ3) is 4.31. The van der Waals surface area contributed by atoms with Crippen molar-refractivity contribution in [3.05, 3.63) is 69.8 Å². The Morgan fingerprint density at radius 2 is 1.81 bits per heavy atom. The van der Waals surface area contributed by atoms with Crippen LogP contribution in [0.1, 0.15) is 11.1 Å². The van der Waals surface area contributed by atoms with E-state index in [9.17, 15) is 10.1 Å². The molecule has 0 aromatic heterocycles. The van der Waals surface area contributed by atoms with Gasteiger partial charge in [0.05, 0.1) is 11.5 Å². The fourth-order valence-corrected chi connectivity index (χ4v) is 1.72. The molecule has 0 bridgehead atoms. The predicted molar refractivity (Wildman–Crippen MR) is 83.2 cm³/mol. The number of guanidine groups is 1. The number of nitrogens with two attached hydrogens (primary N) is 1. The first-order valence-electron chi connectivity index (χ1n) is 6.41. The highest BCUT2D eigenvalue weighted by Gasteiger charge is 2.03. The molecule has 3 N–H and O–H groups in total. The molecule has 2 rings (SSSR count). The minimum absolute atomic E-state index is 0.0634. The van der Waals surface area contributed by atoms with Gasteiger partial charge in [0.2, 0.25) is 0 Å². The first-order valence-corrected chi connectivity index (χ1v) is 6.41. The molecule has 0 aliphatic carbocycles. The number of anilines is 1. The van der Waals surface area contributed by atoms with Gasteiger partial charge in [-0.15, -0.1) is 0 Å². The third-order valence-electron chi connectivity index (χ3n) is 2.90. The topological polar surface area (TPSA) is 93.5 Å². The largest absolute Gasteiger partial charge is 0.370 e. The second kappa shape index (κ2) is 6.51. The van der Waals surface area contributed by atoms with Crippen molar-refractivity contribution in [1.29, 1.82) is 0 Å². The highest BCUT2D eigenvalue weighted by Crippen LogP contribution is 2.12. The monoisotopic (exact) mass is 284 g/mol. The van der Waals surface area contributed by atoms with Crippen LogP contribution in [0.3, 0.4) is 0 Å². The summed E-state index contributed by atoms with van der Waals surface area (Å²) in [5, 5.41) is 13.5. The smallest absolute Gasteiger partial charge is 0.269 e. The van der Waals surface area contributed by atoms with Gasteiger partial charge in [-0.25, -0.2) is 4.99 Å². The Labute approximate surface area is 122 Å². The normalized spacial score (nSPS) is 11.2. The van der Waals surface area contributed by atoms with Crippen molar-refractivity contribution < 1.29 is 4.92 Å². The van der Waals surface area contributed by atoms with Crippen LogP contribution in [-0.2, 0) is 6.54 Å². The Bertz CT molecular complexity index is 648. The third-order valence-corrected chi connectivity index (χ3v) is 2.90. The Kier molecular flexibility index (Phi) is 4.50. The number of nitro groups is 1. The molecule has 2 aromatic carbocycles. The summed E-state index contributed by atoms with van der Waals surface area (Å²) in [7, 11) is 0. The fraction of sp³-hybridized carbons (Fsp3) is 0.133. The summed E-state index contributed by atoms with van der Waals surface area (Å²) < 4.78 is 0. The van der Waals surface area contributed by atoms with Crippen molar-refractivity contribution in [3.63, 3.8) is 0 Å². The van der Waals surface area contributed by atoms with Gasteiger partial charge in [-0.05, 0) is 24.6 Å². The molecular formula is C15H16N4O2. The quantitative estimate of drug-likeness (QED) is 0.390. The van der Waals surface area contributed by atoms with Crippen molar-refractivity contribution in [2.24, 2.45) is 10.7 Å². The van der Waals surface area contributed by atoms with Crippen molar-refractivity contribution >= 4 is 17.3 Å². The van der Waals surface area contributed by atoms with Crippen LogP contribution in [0, 0.1) is 17.0 Å². The van der Waals surface area contributed by atoms with Gasteiger partial charge in [-0.1, -0.05) is 29.8 Å². The standard InChI is InChI=1S/C15H16N4O2/c1-11-2-6-13(7-3-11)18-15(16)17-10-12-4-8-14(9-5-12)19(20)21/h2-9H,10H2,1H3,(H3,16,17,18). The molecule has 0 spiro atoms. The van der Waals surface area contributed by atoms with Crippen LogP contribution in [0.25, 0.3) is 0 Å². The fourth-order valence-electron chi connectivity index (χ4n) is 1.72. The molecule has 0 fully saturated rings. The highest BCUT2D eigenvalue weighted by atomic mass is 16.6. The van der Waals surface area contributed by atoms with Gasteiger partial charge in [0, 0.05) is 17.8 Å². The van der Waals surface area contributed by atoms with Gasteiger partial charge >= 0.3 is 0 Å². The maximum absolute atomic E-state index is 10.6. The zero-order chi connectivity index (χ0) is 15.2. The number of hydrogen-bond acceptors (Lipinski definition) is 3. The zero-order valence-corrected chi connectivity index (χ0v) is 11.6. The first kappa shape index (κ1) is 14.5. The lowest BCUT2D eigenvalue weighted by atomic mass is 10.2. The molecule has 6 heteroatoms. The molecule has 0 saturated heterocycles. The number of nitrogens with one attached hydrogen (secondary N) is 1. The highest BCUT2D eigenvalue weighted by molar-refractivity contribution is 5.92. The molecule has 6 nitrogen and oxygen atoms in total. The van der Waals surface area contributed by atoms with E-state index in [1.165, 1.54) is 17.7 Å². The van der Waals surface area contributed by atoms with Crippen LogP contribution >= 0.6 is 0 Å². The molecule has 0 saturated carbocycles. The molecule has 0 radical (unpaired) electrons. The van der Waals surface area contributed by atoms with Crippen LogP contribution < -0.4 is 11.1 Å². The molecule has 108 valence electrons. The lowest BCUT2D eigenvalue weighted by Gasteiger charge is -2.06. The summed E-state index contributed by atoms with van der Waals surface area (Å²) in [5.41, 5.74) is 8.75. The number of aryl methyl sites for hydroxylation is 1. The minimum atomic E-state index is -0.430. The molecule has 0 aliphatic heterocycles. The maximum Gasteiger partial charge on any atom is 0.269 e. The minimum Gasteiger partial charge on any atom is -0.370 e. The summed E-state index contributed by atoms with van der Waals surface area (Å²) in [6, 6.07) is 14.0. The van der Waals surface area contributed by atoms with Crippen molar-refractivity contribution in [2.45, 2.75) is 13.5 Å². The van der Waals surface area contributed by atoms with Gasteiger partial charge in [-0.3, -0.25) is 10.1 Å². The van der Waals surface area contributed by atoms with Crippen LogP contribution in [0.15, 0.2) is 53.5 Å². The van der Waals surface area contributed by atoms with E-state index in [2.05, 4.69) is 10.3 Å². The van der Waals surface area contributed by atoms with E-state index in [0.29, 0.717) is 12.5 Å². The summed E-state index contributed by atoms with van der Waals surface area (Å²) in [6.07, 6.45) is 0. The van der Waals surface area contributed by atoms with E-state index < -0.39 is 4.92 Å². The average Bonchev–Trinajstić information content (AvgIpc) is 2.48. The maximum atomic E-state index is 10.6. The van der Waals surface area contributed by atoms with Gasteiger partial charge in [0.15, 0.2) is 5.96 Å². The van der Waals surface area contributed by atoms with Crippen LogP contribution in [0.2, 0.25) is 0 Å². The summed E-state index contributed by atoms with van der Waals surface area (Å²) in [5.74, 6) is 0.303. The van der Waals surface area contributed by atoms with E-state index in [-0.39, 0.29) is 5.69 Å². The van der Waals surface area contributed by atoms with Crippen molar-refractivity contribution in [2.75, 3.05) is 5.32 Å². The first-order chi connectivity index (χ1) is 10.0. The summed E-state index contributed by atoms with van der Waals surface area (Å²) in [4.78, 5) is 14.3. The van der Waals surface area contributed by atoms with Gasteiger partial charge in [-0.2, -0.15) is 0 Å². The van der Waals surface area contributed by atoms with Gasteiger partial charge in [0.1, 0.15) is 0 Å².